The molecule has 0 fully saturated rings. The molecule has 0 saturated heterocycles. The lowest BCUT2D eigenvalue weighted by molar-refractivity contribution is -0.137. The van der Waals surface area contributed by atoms with Crippen LogP contribution in [0.3, 0.4) is 0 Å². The van der Waals surface area contributed by atoms with Gasteiger partial charge in [-0.3, -0.25) is 9.78 Å². The summed E-state index contributed by atoms with van der Waals surface area (Å²) in [5.41, 5.74) is 7.07. The summed E-state index contributed by atoms with van der Waals surface area (Å²) < 4.78 is 43.6. The zero-order valence-corrected chi connectivity index (χ0v) is 19.8. The predicted molar refractivity (Wildman–Crippen MR) is 135 cm³/mol. The third kappa shape index (κ3) is 4.37. The largest absolute Gasteiger partial charge is 0.417 e. The topological polar surface area (TPSA) is 98.7 Å². The molecule has 0 aliphatic carbocycles. The number of benzene rings is 2. The lowest BCUT2D eigenvalue weighted by Gasteiger charge is -2.17. The molecule has 0 bridgehead atoms. The molecule has 186 valence electrons. The van der Waals surface area contributed by atoms with Gasteiger partial charge in [-0.2, -0.15) is 13.2 Å². The van der Waals surface area contributed by atoms with Crippen molar-refractivity contribution in [2.75, 3.05) is 12.4 Å². The van der Waals surface area contributed by atoms with E-state index in [4.69, 9.17) is 5.73 Å². The number of aryl methyl sites for hydroxylation is 1. The highest BCUT2D eigenvalue weighted by Gasteiger charge is 2.35. The van der Waals surface area contributed by atoms with Crippen LogP contribution in [0, 0.1) is 6.92 Å². The van der Waals surface area contributed by atoms with Crippen molar-refractivity contribution < 1.29 is 18.0 Å². The lowest BCUT2D eigenvalue weighted by atomic mass is 9.90. The summed E-state index contributed by atoms with van der Waals surface area (Å²) in [6.07, 6.45) is 0.344. The Morgan fingerprint density at radius 1 is 1.03 bits per heavy atom. The third-order valence-electron chi connectivity index (χ3n) is 6.17. The first-order valence-electron chi connectivity index (χ1n) is 11.3. The van der Waals surface area contributed by atoms with Crippen LogP contribution in [0.2, 0.25) is 0 Å². The zero-order valence-electron chi connectivity index (χ0n) is 19.8. The van der Waals surface area contributed by atoms with Gasteiger partial charge < -0.3 is 15.6 Å². The summed E-state index contributed by atoms with van der Waals surface area (Å²) in [5.74, 6) is 0.354. The molecular formula is C27H21F3N6O. The van der Waals surface area contributed by atoms with Crippen LogP contribution < -0.4 is 11.1 Å². The van der Waals surface area contributed by atoms with E-state index in [1.807, 2.05) is 29.8 Å². The Kier molecular flexibility index (Phi) is 5.87. The minimum Gasteiger partial charge on any atom is -0.373 e. The van der Waals surface area contributed by atoms with Gasteiger partial charge in [0.1, 0.15) is 18.0 Å². The molecule has 37 heavy (non-hydrogen) atoms. The molecule has 0 aliphatic rings. The van der Waals surface area contributed by atoms with Crippen LogP contribution in [0.25, 0.3) is 39.1 Å². The predicted octanol–water partition coefficient (Wildman–Crippen LogP) is 5.62. The number of anilines is 1. The highest BCUT2D eigenvalue weighted by Crippen LogP contribution is 2.40. The first kappa shape index (κ1) is 24.0. The number of primary amides is 1. The SMILES string of the molecule is CNc1cc(-n2ccc3cnc(-c4cc(-c5c(C(N)=O)cccc5C(F)(F)F)ccc4C)cc32)ncn1. The third-order valence-corrected chi connectivity index (χ3v) is 6.17. The Balaban J connectivity index is 1.69. The standard InChI is InChI=1S/C27H21F3N6O/c1-15-6-7-16(25-18(26(31)37)4-3-5-20(25)27(28,29)30)10-19(15)21-11-22-17(13-33-21)8-9-36(22)24-12-23(32-2)34-14-35-24/h3-14H,1-2H3,(H2,31,37)(H,32,34,35). The van der Waals surface area contributed by atoms with Gasteiger partial charge in [-0.05, 0) is 48.4 Å². The van der Waals surface area contributed by atoms with Gasteiger partial charge in [0.2, 0.25) is 5.91 Å². The van der Waals surface area contributed by atoms with Crippen molar-refractivity contribution in [2.45, 2.75) is 13.1 Å². The zero-order chi connectivity index (χ0) is 26.3. The Hall–Kier alpha value is -4.73. The summed E-state index contributed by atoms with van der Waals surface area (Å²) in [6.45, 7) is 1.85. The van der Waals surface area contributed by atoms with Crippen molar-refractivity contribution in [3.8, 4) is 28.2 Å². The fourth-order valence-electron chi connectivity index (χ4n) is 4.35. The number of nitrogens with one attached hydrogen (secondary N) is 1. The second kappa shape index (κ2) is 9.05. The molecule has 0 radical (unpaired) electrons. The van der Waals surface area contributed by atoms with E-state index in [0.717, 1.165) is 22.5 Å². The number of amides is 1. The van der Waals surface area contributed by atoms with E-state index in [9.17, 15) is 18.0 Å². The number of rotatable bonds is 5. The van der Waals surface area contributed by atoms with Gasteiger partial charge in [-0.15, -0.1) is 0 Å². The second-order valence-electron chi connectivity index (χ2n) is 8.45. The van der Waals surface area contributed by atoms with Crippen molar-refractivity contribution >= 4 is 22.6 Å². The minimum atomic E-state index is -4.67. The summed E-state index contributed by atoms with van der Waals surface area (Å²) in [7, 11) is 1.76. The number of hydrogen-bond donors (Lipinski definition) is 2. The van der Waals surface area contributed by atoms with Gasteiger partial charge in [0.25, 0.3) is 0 Å². The van der Waals surface area contributed by atoms with Crippen LogP contribution in [0.4, 0.5) is 19.0 Å². The first-order chi connectivity index (χ1) is 17.7. The number of nitrogens with zero attached hydrogens (tertiary/aromatic N) is 4. The maximum absolute atomic E-state index is 13.9. The van der Waals surface area contributed by atoms with Crippen LogP contribution in [-0.2, 0) is 6.18 Å². The van der Waals surface area contributed by atoms with Crippen molar-refractivity contribution in [1.29, 1.82) is 0 Å². The van der Waals surface area contributed by atoms with E-state index in [-0.39, 0.29) is 16.7 Å². The molecule has 5 aromatic rings. The van der Waals surface area contributed by atoms with Crippen LogP contribution in [-0.4, -0.2) is 32.5 Å². The Morgan fingerprint density at radius 3 is 2.57 bits per heavy atom. The van der Waals surface area contributed by atoms with Crippen molar-refractivity contribution in [2.24, 2.45) is 5.73 Å². The highest BCUT2D eigenvalue weighted by molar-refractivity contribution is 6.01. The number of halogens is 3. The Morgan fingerprint density at radius 2 is 1.84 bits per heavy atom. The fraction of sp³-hybridized carbons (Fsp3) is 0.111. The van der Waals surface area contributed by atoms with E-state index >= 15 is 0 Å². The molecule has 3 heterocycles. The molecule has 3 aromatic heterocycles. The Labute approximate surface area is 209 Å². The number of carbonyl (C=O) groups is 1. The van der Waals surface area contributed by atoms with Gasteiger partial charge in [0, 0.05) is 47.6 Å². The average Bonchev–Trinajstić information content (AvgIpc) is 3.31. The van der Waals surface area contributed by atoms with Crippen LogP contribution >= 0.6 is 0 Å². The number of alkyl halides is 3. The average molecular weight is 503 g/mol. The summed E-state index contributed by atoms with van der Waals surface area (Å²) in [4.78, 5) is 25.1. The molecule has 5 rings (SSSR count). The molecule has 0 spiro atoms. The summed E-state index contributed by atoms with van der Waals surface area (Å²) in [6, 6.07) is 13.8. The van der Waals surface area contributed by atoms with Crippen LogP contribution in [0.5, 0.6) is 0 Å². The van der Waals surface area contributed by atoms with Crippen LogP contribution in [0.1, 0.15) is 21.5 Å². The van der Waals surface area contributed by atoms with E-state index in [1.165, 1.54) is 18.5 Å². The molecule has 0 unspecified atom stereocenters. The minimum absolute atomic E-state index is 0.203. The van der Waals surface area contributed by atoms with E-state index in [0.29, 0.717) is 22.9 Å². The molecule has 10 heteroatoms. The van der Waals surface area contributed by atoms with Gasteiger partial charge in [0.05, 0.1) is 16.8 Å². The number of carbonyl (C=O) groups excluding carboxylic acids is 1. The van der Waals surface area contributed by atoms with Gasteiger partial charge in [-0.1, -0.05) is 18.2 Å². The molecule has 3 N–H and O–H groups in total. The molecule has 1 amide bonds. The number of pyridine rings is 1. The summed E-state index contributed by atoms with van der Waals surface area (Å²) >= 11 is 0. The number of aromatic nitrogens is 4. The smallest absolute Gasteiger partial charge is 0.373 e. The number of fused-ring (bicyclic) bond motifs is 1. The molecule has 2 aromatic carbocycles. The number of nitrogens with two attached hydrogens (primary N) is 1. The normalized spacial score (nSPS) is 11.6. The Bertz CT molecular complexity index is 1660. The van der Waals surface area contributed by atoms with Crippen molar-refractivity contribution in [1.82, 2.24) is 19.5 Å². The van der Waals surface area contributed by atoms with E-state index < -0.39 is 17.6 Å². The maximum atomic E-state index is 13.9. The fourth-order valence-corrected chi connectivity index (χ4v) is 4.35. The van der Waals surface area contributed by atoms with Crippen LogP contribution in [0.15, 0.2) is 73.3 Å². The lowest BCUT2D eigenvalue weighted by Crippen LogP contribution is -2.16. The second-order valence-corrected chi connectivity index (χ2v) is 8.45. The number of hydrogen-bond acceptors (Lipinski definition) is 5. The molecule has 0 atom stereocenters. The van der Waals surface area contributed by atoms with Gasteiger partial charge >= 0.3 is 6.18 Å². The van der Waals surface area contributed by atoms with Gasteiger partial charge in [0.15, 0.2) is 0 Å². The molecule has 0 aliphatic heterocycles. The molecule has 0 saturated carbocycles. The first-order valence-corrected chi connectivity index (χ1v) is 11.3. The quantitative estimate of drug-likeness (QED) is 0.325. The summed E-state index contributed by atoms with van der Waals surface area (Å²) in [5, 5.41) is 3.84. The monoisotopic (exact) mass is 502 g/mol. The maximum Gasteiger partial charge on any atom is 0.417 e. The van der Waals surface area contributed by atoms with Gasteiger partial charge in [-0.25, -0.2) is 9.97 Å². The van der Waals surface area contributed by atoms with Crippen molar-refractivity contribution in [3.05, 3.63) is 90.0 Å². The van der Waals surface area contributed by atoms with E-state index in [1.54, 1.807) is 37.5 Å². The highest BCUT2D eigenvalue weighted by atomic mass is 19.4. The molecular weight excluding hydrogens is 481 g/mol. The van der Waals surface area contributed by atoms with E-state index in [2.05, 4.69) is 20.3 Å². The molecule has 7 nitrogen and oxygen atoms in total. The van der Waals surface area contributed by atoms with Crippen molar-refractivity contribution in [3.63, 3.8) is 0 Å².